The maximum Gasteiger partial charge on any atom is 0.328 e. The lowest BCUT2D eigenvalue weighted by atomic mass is 9.95. The second-order valence-corrected chi connectivity index (χ2v) is 7.90. The molecular weight excluding hydrogens is 358 g/mol. The standard InChI is InChI=1S/C20H25N5O3/c1-14-8-24(20(28)22-19(14)27)13-18(26)25-11-16-4-5-17(25)12-23(10-16)9-15-3-2-6-21-7-15/h2-3,6-8,16-17H,4-5,9-13H2,1H3,(H,22,27,28)/t16-,17+/m0/s1. The molecule has 0 aliphatic carbocycles. The number of aromatic nitrogens is 3. The van der Waals surface area contributed by atoms with Gasteiger partial charge in [0, 0.05) is 56.4 Å². The van der Waals surface area contributed by atoms with Crippen LogP contribution in [-0.2, 0) is 17.9 Å². The summed E-state index contributed by atoms with van der Waals surface area (Å²) < 4.78 is 1.30. The summed E-state index contributed by atoms with van der Waals surface area (Å²) in [6.07, 6.45) is 7.23. The number of pyridine rings is 1. The minimum atomic E-state index is -0.540. The Morgan fingerprint density at radius 3 is 2.89 bits per heavy atom. The van der Waals surface area contributed by atoms with Crippen LogP contribution in [0, 0.1) is 12.8 Å². The number of hydrogen-bond donors (Lipinski definition) is 1. The van der Waals surface area contributed by atoms with Gasteiger partial charge in [0.1, 0.15) is 6.54 Å². The molecule has 1 amide bonds. The number of nitrogens with zero attached hydrogens (tertiary/aromatic N) is 4. The van der Waals surface area contributed by atoms with E-state index in [1.807, 2.05) is 17.2 Å². The van der Waals surface area contributed by atoms with Gasteiger partial charge >= 0.3 is 5.69 Å². The monoisotopic (exact) mass is 383 g/mol. The molecule has 8 nitrogen and oxygen atoms in total. The summed E-state index contributed by atoms with van der Waals surface area (Å²) in [7, 11) is 0. The van der Waals surface area contributed by atoms with Crippen LogP contribution in [0.5, 0.6) is 0 Å². The van der Waals surface area contributed by atoms with Crippen molar-refractivity contribution in [2.75, 3.05) is 19.6 Å². The van der Waals surface area contributed by atoms with Crippen molar-refractivity contribution in [3.63, 3.8) is 0 Å². The molecule has 1 N–H and O–H groups in total. The predicted molar refractivity (Wildman–Crippen MR) is 104 cm³/mol. The predicted octanol–water partition coefficient (Wildman–Crippen LogP) is 0.363. The van der Waals surface area contributed by atoms with Crippen LogP contribution >= 0.6 is 0 Å². The molecule has 2 bridgehead atoms. The molecule has 3 aliphatic heterocycles. The number of rotatable bonds is 4. The Labute approximate surface area is 162 Å². The van der Waals surface area contributed by atoms with E-state index in [4.69, 9.17) is 0 Å². The molecule has 5 heterocycles. The maximum atomic E-state index is 13.0. The first kappa shape index (κ1) is 18.6. The highest BCUT2D eigenvalue weighted by molar-refractivity contribution is 5.76. The molecule has 5 rings (SSSR count). The zero-order chi connectivity index (χ0) is 19.7. The zero-order valence-corrected chi connectivity index (χ0v) is 16.0. The maximum absolute atomic E-state index is 13.0. The summed E-state index contributed by atoms with van der Waals surface area (Å²) in [5.41, 5.74) is 0.653. The van der Waals surface area contributed by atoms with Gasteiger partial charge in [-0.2, -0.15) is 0 Å². The van der Waals surface area contributed by atoms with Crippen molar-refractivity contribution in [3.05, 3.63) is 62.7 Å². The number of aryl methyl sites for hydroxylation is 1. The highest BCUT2D eigenvalue weighted by Crippen LogP contribution is 2.29. The van der Waals surface area contributed by atoms with Gasteiger partial charge in [-0.1, -0.05) is 6.07 Å². The van der Waals surface area contributed by atoms with Crippen molar-refractivity contribution in [1.82, 2.24) is 24.3 Å². The zero-order valence-electron chi connectivity index (χ0n) is 16.0. The Morgan fingerprint density at radius 2 is 2.11 bits per heavy atom. The largest absolute Gasteiger partial charge is 0.337 e. The van der Waals surface area contributed by atoms with Gasteiger partial charge < -0.3 is 4.90 Å². The highest BCUT2D eigenvalue weighted by Gasteiger charge is 2.37. The minimum Gasteiger partial charge on any atom is -0.337 e. The number of fused-ring (bicyclic) bond motifs is 4. The van der Waals surface area contributed by atoms with E-state index in [1.165, 1.54) is 16.3 Å². The van der Waals surface area contributed by atoms with E-state index >= 15 is 0 Å². The second-order valence-electron chi connectivity index (χ2n) is 7.90. The summed E-state index contributed by atoms with van der Waals surface area (Å²) in [5, 5.41) is 0. The van der Waals surface area contributed by atoms with Crippen molar-refractivity contribution in [2.24, 2.45) is 5.92 Å². The van der Waals surface area contributed by atoms with Gasteiger partial charge in [0.25, 0.3) is 5.56 Å². The number of amides is 1. The molecule has 0 aromatic carbocycles. The number of carbonyl (C=O) groups is 1. The molecule has 0 radical (unpaired) electrons. The molecule has 2 aromatic heterocycles. The van der Waals surface area contributed by atoms with Crippen LogP contribution in [0.2, 0.25) is 0 Å². The van der Waals surface area contributed by atoms with Crippen LogP contribution in [0.3, 0.4) is 0 Å². The van der Waals surface area contributed by atoms with E-state index in [1.54, 1.807) is 13.1 Å². The molecule has 28 heavy (non-hydrogen) atoms. The third-order valence-corrected chi connectivity index (χ3v) is 5.73. The van der Waals surface area contributed by atoms with E-state index in [-0.39, 0.29) is 18.5 Å². The fraction of sp³-hybridized carbons (Fsp3) is 0.500. The Hall–Kier alpha value is -2.74. The van der Waals surface area contributed by atoms with E-state index in [9.17, 15) is 14.4 Å². The fourth-order valence-corrected chi connectivity index (χ4v) is 4.34. The van der Waals surface area contributed by atoms with E-state index < -0.39 is 11.2 Å². The van der Waals surface area contributed by atoms with Crippen LogP contribution in [0.4, 0.5) is 0 Å². The van der Waals surface area contributed by atoms with Gasteiger partial charge in [-0.25, -0.2) is 4.79 Å². The molecule has 0 spiro atoms. The van der Waals surface area contributed by atoms with Crippen molar-refractivity contribution >= 4 is 5.91 Å². The number of nitrogens with one attached hydrogen (secondary N) is 1. The molecule has 2 aromatic rings. The van der Waals surface area contributed by atoms with Gasteiger partial charge in [0.15, 0.2) is 0 Å². The summed E-state index contributed by atoms with van der Waals surface area (Å²) in [6.45, 7) is 4.95. The van der Waals surface area contributed by atoms with Gasteiger partial charge in [-0.15, -0.1) is 0 Å². The molecule has 3 fully saturated rings. The first-order chi connectivity index (χ1) is 13.5. The number of piperidine rings is 1. The van der Waals surface area contributed by atoms with Crippen LogP contribution in [0.15, 0.2) is 40.3 Å². The third-order valence-electron chi connectivity index (χ3n) is 5.73. The van der Waals surface area contributed by atoms with Crippen molar-refractivity contribution < 1.29 is 4.79 Å². The smallest absolute Gasteiger partial charge is 0.328 e. The minimum absolute atomic E-state index is 0.0394. The number of carbonyl (C=O) groups excluding carboxylic acids is 1. The van der Waals surface area contributed by atoms with E-state index in [0.717, 1.165) is 39.0 Å². The summed E-state index contributed by atoms with van der Waals surface area (Å²) in [5.74, 6) is 0.375. The lowest BCUT2D eigenvalue weighted by Crippen LogP contribution is -2.49. The normalized spacial score (nSPS) is 22.2. The second kappa shape index (κ2) is 7.71. The number of H-pyrrole nitrogens is 1. The van der Waals surface area contributed by atoms with Gasteiger partial charge in [-0.05, 0) is 37.3 Å². The first-order valence-electron chi connectivity index (χ1n) is 9.70. The molecule has 8 heteroatoms. The van der Waals surface area contributed by atoms with Gasteiger partial charge in [0.2, 0.25) is 5.91 Å². The van der Waals surface area contributed by atoms with Crippen molar-refractivity contribution in [3.8, 4) is 0 Å². The third kappa shape index (κ3) is 3.91. The molecule has 148 valence electrons. The van der Waals surface area contributed by atoms with Crippen LogP contribution in [0.25, 0.3) is 0 Å². The molecule has 2 atom stereocenters. The van der Waals surface area contributed by atoms with Crippen LogP contribution in [-0.4, -0.2) is 55.9 Å². The average Bonchev–Trinajstić information content (AvgIpc) is 2.97. The number of hydrogen-bond acceptors (Lipinski definition) is 5. The lowest BCUT2D eigenvalue weighted by Gasteiger charge is -2.36. The van der Waals surface area contributed by atoms with Crippen molar-refractivity contribution in [2.45, 2.75) is 38.9 Å². The molecular formula is C20H25N5O3. The Balaban J connectivity index is 1.47. The quantitative estimate of drug-likeness (QED) is 0.823. The first-order valence-corrected chi connectivity index (χ1v) is 9.70. The van der Waals surface area contributed by atoms with Gasteiger partial charge in [0.05, 0.1) is 0 Å². The fourth-order valence-electron chi connectivity index (χ4n) is 4.34. The SMILES string of the molecule is Cc1cn(CC(=O)N2C[C@H]3CC[C@@H]2CN(Cc2cccnc2)C3)c(=O)[nH]c1=O. The molecule has 3 aliphatic rings. The summed E-state index contributed by atoms with van der Waals surface area (Å²) in [6, 6.07) is 4.18. The van der Waals surface area contributed by atoms with Crippen LogP contribution in [0.1, 0.15) is 24.0 Å². The van der Waals surface area contributed by atoms with E-state index in [2.05, 4.69) is 20.9 Å². The Kier molecular flexibility index (Phi) is 5.13. The van der Waals surface area contributed by atoms with Crippen LogP contribution < -0.4 is 11.2 Å². The topological polar surface area (TPSA) is 91.3 Å². The number of aromatic amines is 1. The highest BCUT2D eigenvalue weighted by atomic mass is 16.2. The molecule has 0 unspecified atom stereocenters. The van der Waals surface area contributed by atoms with Crippen molar-refractivity contribution in [1.29, 1.82) is 0 Å². The molecule has 0 saturated carbocycles. The Bertz CT molecular complexity index is 968. The van der Waals surface area contributed by atoms with Gasteiger partial charge in [-0.3, -0.25) is 29.0 Å². The van der Waals surface area contributed by atoms with E-state index in [0.29, 0.717) is 11.5 Å². The summed E-state index contributed by atoms with van der Waals surface area (Å²) in [4.78, 5) is 47.3. The average molecular weight is 383 g/mol. The Morgan fingerprint density at radius 1 is 1.25 bits per heavy atom. The lowest BCUT2D eigenvalue weighted by molar-refractivity contribution is -0.136. The molecule has 3 saturated heterocycles. The summed E-state index contributed by atoms with van der Waals surface area (Å²) >= 11 is 0.